The molecule has 0 radical (unpaired) electrons. The van der Waals surface area contributed by atoms with Gasteiger partial charge in [0, 0.05) is 11.6 Å². The lowest BCUT2D eigenvalue weighted by Crippen LogP contribution is -2.29. The summed E-state index contributed by atoms with van der Waals surface area (Å²) in [5, 5.41) is -3.21. The molecule has 0 amide bonds. The van der Waals surface area contributed by atoms with E-state index in [4.69, 9.17) is 0 Å². The van der Waals surface area contributed by atoms with Crippen LogP contribution in [0.3, 0.4) is 0 Å². The van der Waals surface area contributed by atoms with Crippen molar-refractivity contribution in [1.29, 1.82) is 0 Å². The summed E-state index contributed by atoms with van der Waals surface area (Å²) in [5.74, 6) is -0.723. The number of nitrogens with one attached hydrogen (secondary N) is 1. The molecule has 2 rings (SSSR count). The van der Waals surface area contributed by atoms with Crippen LogP contribution < -0.4 is 5.48 Å². The lowest BCUT2D eigenvalue weighted by Gasteiger charge is -2.26. The van der Waals surface area contributed by atoms with Gasteiger partial charge in [0.1, 0.15) is 5.70 Å². The number of benzene rings is 1. The Morgan fingerprint density at radius 3 is 2.00 bits per heavy atom. The third-order valence-corrected chi connectivity index (χ3v) is 6.43. The number of ketones is 1. The molecule has 1 aliphatic rings. The van der Waals surface area contributed by atoms with Crippen molar-refractivity contribution in [3.8, 4) is 0 Å². The molecule has 0 fully saturated rings. The highest BCUT2D eigenvalue weighted by molar-refractivity contribution is 7.72. The van der Waals surface area contributed by atoms with Crippen LogP contribution in [0, 0.1) is 0 Å². The van der Waals surface area contributed by atoms with Gasteiger partial charge in [-0.05, 0) is 0 Å². The maximum Gasteiger partial charge on any atom is 0.376 e. The predicted molar refractivity (Wildman–Crippen MR) is 69.9 cm³/mol. The van der Waals surface area contributed by atoms with Gasteiger partial charge in [-0.1, -0.05) is 30.3 Å². The fraction of sp³-hybridized carbons (Fsp3) is 0.100. The Morgan fingerprint density at radius 1 is 1.05 bits per heavy atom. The molecule has 0 aliphatic carbocycles. The highest BCUT2D eigenvalue weighted by Crippen LogP contribution is 2.71. The highest BCUT2D eigenvalue weighted by Gasteiger charge is 2.64. The van der Waals surface area contributed by atoms with Crippen LogP contribution in [0.25, 0.3) is 0 Å². The van der Waals surface area contributed by atoms with E-state index in [0.717, 1.165) is 0 Å². The highest BCUT2D eigenvalue weighted by atomic mass is 31.2. The fourth-order valence-electron chi connectivity index (χ4n) is 1.69. The second-order valence-electron chi connectivity index (χ2n) is 4.20. The summed E-state index contributed by atoms with van der Waals surface area (Å²) >= 11 is 0. The zero-order valence-electron chi connectivity index (χ0n) is 10.3. The summed E-state index contributed by atoms with van der Waals surface area (Å²) in [7, 11) is -10.8. The smallest absolute Gasteiger partial charge is 0.322 e. The Labute approximate surface area is 118 Å². The number of carbonyl (C=O) groups is 1. The van der Waals surface area contributed by atoms with E-state index in [0.29, 0.717) is 6.08 Å². The number of hydroxylamine groups is 1. The van der Waals surface area contributed by atoms with Crippen LogP contribution in [0.2, 0.25) is 0 Å². The van der Waals surface area contributed by atoms with Crippen molar-refractivity contribution in [2.45, 2.75) is 5.08 Å². The number of allylic oxidation sites excluding steroid dienone is 1. The second-order valence-corrected chi connectivity index (χ2v) is 8.06. The van der Waals surface area contributed by atoms with Crippen LogP contribution in [-0.4, -0.2) is 30.4 Å². The molecule has 0 atom stereocenters. The average Bonchev–Trinajstić information content (AvgIpc) is 2.84. The van der Waals surface area contributed by atoms with Gasteiger partial charge in [-0.15, -0.1) is 0 Å². The molecular weight excluding hydrogens is 324 g/mol. The molecule has 5 N–H and O–H groups in total. The minimum Gasteiger partial charge on any atom is -0.322 e. The van der Waals surface area contributed by atoms with Crippen LogP contribution in [-0.2, 0) is 14.0 Å². The SMILES string of the molecule is O=C(C1=CC(P(=O)(O)O)(P(=O)(O)O)ON1)c1ccccc1. The Kier molecular flexibility index (Phi) is 3.94. The van der Waals surface area contributed by atoms with E-state index in [1.54, 1.807) is 18.2 Å². The lowest BCUT2D eigenvalue weighted by molar-refractivity contribution is 0.0288. The first kappa shape index (κ1) is 16.1. The average molecular weight is 335 g/mol. The number of hydrogen-bond donors (Lipinski definition) is 5. The van der Waals surface area contributed by atoms with Crippen molar-refractivity contribution < 1.29 is 38.3 Å². The van der Waals surface area contributed by atoms with Gasteiger partial charge in [0.05, 0.1) is 0 Å². The standard InChI is InChI=1S/C10H11NO8P2/c12-9(7-4-2-1-3-5-7)8-6-10(19-11-8,20(13,14)15)21(16,17)18/h1-6,11H,(H2,13,14,15)(H2,16,17,18). The normalized spacial score (nSPS) is 18.0. The van der Waals surface area contributed by atoms with Crippen LogP contribution in [0.4, 0.5) is 0 Å². The van der Waals surface area contributed by atoms with Crippen molar-refractivity contribution in [1.82, 2.24) is 5.48 Å². The Morgan fingerprint density at radius 2 is 1.57 bits per heavy atom. The van der Waals surface area contributed by atoms with Crippen molar-refractivity contribution >= 4 is 21.0 Å². The predicted octanol–water partition coefficient (Wildman–Crippen LogP) is 0.297. The van der Waals surface area contributed by atoms with Gasteiger partial charge in [0.15, 0.2) is 0 Å². The molecule has 1 aromatic carbocycles. The summed E-state index contributed by atoms with van der Waals surface area (Å²) < 4.78 is 22.8. The molecule has 1 aromatic rings. The van der Waals surface area contributed by atoms with Gasteiger partial charge >= 0.3 is 20.3 Å². The molecule has 114 valence electrons. The van der Waals surface area contributed by atoms with Crippen molar-refractivity contribution in [3.05, 3.63) is 47.7 Å². The second kappa shape index (κ2) is 5.15. The van der Waals surface area contributed by atoms with Crippen LogP contribution in [0.1, 0.15) is 10.4 Å². The first-order chi connectivity index (χ1) is 9.58. The van der Waals surface area contributed by atoms with E-state index in [1.807, 2.05) is 5.48 Å². The molecule has 1 heterocycles. The zero-order valence-corrected chi connectivity index (χ0v) is 12.1. The minimum atomic E-state index is -5.41. The molecule has 0 saturated carbocycles. The Hall–Kier alpha value is -1.31. The van der Waals surface area contributed by atoms with Gasteiger partial charge in [0.2, 0.25) is 5.78 Å². The molecule has 0 aromatic heterocycles. The maximum atomic E-state index is 12.1. The minimum absolute atomic E-state index is 0.159. The summed E-state index contributed by atoms with van der Waals surface area (Å²) in [4.78, 5) is 53.2. The van der Waals surface area contributed by atoms with Gasteiger partial charge in [0.25, 0.3) is 0 Å². The van der Waals surface area contributed by atoms with Crippen LogP contribution in [0.15, 0.2) is 42.1 Å². The lowest BCUT2D eigenvalue weighted by atomic mass is 10.1. The van der Waals surface area contributed by atoms with Crippen molar-refractivity contribution in [3.63, 3.8) is 0 Å². The summed E-state index contributed by atoms with van der Waals surface area (Å²) in [5.41, 5.74) is 1.58. The first-order valence-corrected chi connectivity index (χ1v) is 8.69. The van der Waals surface area contributed by atoms with E-state index in [2.05, 4.69) is 4.84 Å². The van der Waals surface area contributed by atoms with Crippen molar-refractivity contribution in [2.24, 2.45) is 0 Å². The largest absolute Gasteiger partial charge is 0.376 e. The zero-order chi connectivity index (χ0) is 15.9. The molecule has 0 saturated heterocycles. The van der Waals surface area contributed by atoms with Gasteiger partial charge in [-0.25, -0.2) is 4.84 Å². The number of carbonyl (C=O) groups excluding carboxylic acids is 1. The van der Waals surface area contributed by atoms with E-state index >= 15 is 0 Å². The van der Waals surface area contributed by atoms with E-state index < -0.39 is 31.8 Å². The molecule has 11 heteroatoms. The van der Waals surface area contributed by atoms with Crippen LogP contribution >= 0.6 is 15.2 Å². The molecular formula is C10H11NO8P2. The summed E-state index contributed by atoms with van der Waals surface area (Å²) in [6.07, 6.45) is 0.434. The summed E-state index contributed by atoms with van der Waals surface area (Å²) in [6, 6.07) is 7.63. The topological polar surface area (TPSA) is 153 Å². The number of Topliss-reactive ketones (excluding diaryl/α,β-unsaturated/α-hetero) is 1. The van der Waals surface area contributed by atoms with E-state index in [1.165, 1.54) is 12.1 Å². The molecule has 9 nitrogen and oxygen atoms in total. The Balaban J connectivity index is 2.48. The fourth-order valence-corrected chi connectivity index (χ4v) is 3.97. The van der Waals surface area contributed by atoms with E-state index in [9.17, 15) is 33.5 Å². The summed E-state index contributed by atoms with van der Waals surface area (Å²) in [6.45, 7) is 0. The van der Waals surface area contributed by atoms with Crippen LogP contribution in [0.5, 0.6) is 0 Å². The monoisotopic (exact) mass is 335 g/mol. The molecule has 0 spiro atoms. The maximum absolute atomic E-state index is 12.1. The number of rotatable bonds is 4. The van der Waals surface area contributed by atoms with E-state index in [-0.39, 0.29) is 5.56 Å². The molecule has 0 bridgehead atoms. The molecule has 0 unspecified atom stereocenters. The quantitative estimate of drug-likeness (QED) is 0.386. The third-order valence-electron chi connectivity index (χ3n) is 2.76. The molecule has 21 heavy (non-hydrogen) atoms. The van der Waals surface area contributed by atoms with Crippen molar-refractivity contribution in [2.75, 3.05) is 0 Å². The first-order valence-electron chi connectivity index (χ1n) is 5.46. The number of hydrogen-bond acceptors (Lipinski definition) is 5. The van der Waals surface area contributed by atoms with Gasteiger partial charge in [-0.2, -0.15) is 0 Å². The third kappa shape index (κ3) is 2.73. The Bertz CT molecular complexity index is 666. The van der Waals surface area contributed by atoms with Gasteiger partial charge < -0.3 is 19.6 Å². The molecule has 1 aliphatic heterocycles. The van der Waals surface area contributed by atoms with Gasteiger partial charge in [-0.3, -0.25) is 19.4 Å².